The molecular formula is C12H13NO2S2. The van der Waals surface area contributed by atoms with E-state index in [9.17, 15) is 8.42 Å². The summed E-state index contributed by atoms with van der Waals surface area (Å²) >= 11 is 1.59. The molecule has 0 saturated heterocycles. The molecule has 0 bridgehead atoms. The lowest BCUT2D eigenvalue weighted by atomic mass is 10.0. The van der Waals surface area contributed by atoms with Crippen LogP contribution in [0.2, 0.25) is 0 Å². The molecule has 0 spiro atoms. The Balaban J connectivity index is 2.30. The molecule has 0 aliphatic heterocycles. The van der Waals surface area contributed by atoms with Crippen molar-refractivity contribution in [2.75, 3.05) is 6.26 Å². The summed E-state index contributed by atoms with van der Waals surface area (Å²) in [4.78, 5) is 0.318. The van der Waals surface area contributed by atoms with E-state index < -0.39 is 9.84 Å². The molecular weight excluding hydrogens is 254 g/mol. The Morgan fingerprint density at radius 1 is 1.12 bits per heavy atom. The molecule has 0 fully saturated rings. The van der Waals surface area contributed by atoms with Crippen LogP contribution in [0.4, 0.5) is 0 Å². The molecule has 0 unspecified atom stereocenters. The molecule has 1 heterocycles. The van der Waals surface area contributed by atoms with E-state index in [1.165, 1.54) is 6.26 Å². The summed E-state index contributed by atoms with van der Waals surface area (Å²) in [7, 11) is -3.14. The van der Waals surface area contributed by atoms with Crippen molar-refractivity contribution in [2.24, 2.45) is 5.73 Å². The predicted molar refractivity (Wildman–Crippen MR) is 69.9 cm³/mol. The van der Waals surface area contributed by atoms with Crippen molar-refractivity contribution >= 4 is 21.2 Å². The van der Waals surface area contributed by atoms with Crippen molar-refractivity contribution in [2.45, 2.75) is 10.9 Å². The van der Waals surface area contributed by atoms with Crippen LogP contribution in [0.5, 0.6) is 0 Å². The zero-order valence-corrected chi connectivity index (χ0v) is 11.0. The fraction of sp³-hybridized carbons (Fsp3) is 0.167. The minimum atomic E-state index is -3.14. The lowest BCUT2D eigenvalue weighted by Gasteiger charge is -2.10. The third kappa shape index (κ3) is 2.74. The molecule has 0 amide bonds. The quantitative estimate of drug-likeness (QED) is 0.927. The number of thiophene rings is 1. The Kier molecular flexibility index (Phi) is 3.33. The van der Waals surface area contributed by atoms with Gasteiger partial charge in [0.15, 0.2) is 9.84 Å². The van der Waals surface area contributed by atoms with Crippen molar-refractivity contribution in [1.82, 2.24) is 0 Å². The molecule has 1 aromatic heterocycles. The summed E-state index contributed by atoms with van der Waals surface area (Å²) in [6, 6.07) is 8.49. The summed E-state index contributed by atoms with van der Waals surface area (Å²) in [5, 5.41) is 3.97. The highest BCUT2D eigenvalue weighted by atomic mass is 32.2. The Morgan fingerprint density at radius 3 is 2.24 bits per heavy atom. The first-order valence-electron chi connectivity index (χ1n) is 5.06. The van der Waals surface area contributed by atoms with Gasteiger partial charge < -0.3 is 5.73 Å². The molecule has 0 aliphatic carbocycles. The van der Waals surface area contributed by atoms with Gasteiger partial charge in [-0.15, -0.1) is 0 Å². The molecule has 1 atom stereocenters. The third-order valence-corrected chi connectivity index (χ3v) is 4.40. The number of nitrogens with two attached hydrogens (primary N) is 1. The van der Waals surface area contributed by atoms with Gasteiger partial charge in [0, 0.05) is 6.26 Å². The molecule has 2 rings (SSSR count). The molecule has 2 N–H and O–H groups in total. The Hall–Kier alpha value is -1.17. The van der Waals surface area contributed by atoms with Crippen LogP contribution in [0.3, 0.4) is 0 Å². The lowest BCUT2D eigenvalue weighted by Crippen LogP contribution is -2.11. The first-order chi connectivity index (χ1) is 7.98. The van der Waals surface area contributed by atoms with Gasteiger partial charge in [0.1, 0.15) is 0 Å². The van der Waals surface area contributed by atoms with Crippen LogP contribution in [0.25, 0.3) is 0 Å². The fourth-order valence-corrected chi connectivity index (χ4v) is 2.89. The van der Waals surface area contributed by atoms with Crippen molar-refractivity contribution in [3.05, 3.63) is 52.2 Å². The van der Waals surface area contributed by atoms with Crippen LogP contribution in [-0.2, 0) is 9.84 Å². The summed E-state index contributed by atoms with van der Waals surface area (Å²) in [5.74, 6) is 0. The number of sulfone groups is 1. The average molecular weight is 267 g/mol. The molecule has 17 heavy (non-hydrogen) atoms. The van der Waals surface area contributed by atoms with E-state index in [0.29, 0.717) is 4.90 Å². The minimum absolute atomic E-state index is 0.199. The maximum Gasteiger partial charge on any atom is 0.175 e. The minimum Gasteiger partial charge on any atom is -0.320 e. The van der Waals surface area contributed by atoms with E-state index in [0.717, 1.165) is 11.1 Å². The topological polar surface area (TPSA) is 60.2 Å². The number of hydrogen-bond acceptors (Lipinski definition) is 4. The maximum atomic E-state index is 11.3. The molecule has 3 nitrogen and oxygen atoms in total. The number of benzene rings is 1. The lowest BCUT2D eigenvalue weighted by molar-refractivity contribution is 0.602. The first kappa shape index (κ1) is 12.3. The smallest absolute Gasteiger partial charge is 0.175 e. The van der Waals surface area contributed by atoms with Gasteiger partial charge in [-0.05, 0) is 40.1 Å². The van der Waals surface area contributed by atoms with Gasteiger partial charge in [-0.1, -0.05) is 12.1 Å². The van der Waals surface area contributed by atoms with Crippen LogP contribution >= 0.6 is 11.3 Å². The van der Waals surface area contributed by atoms with E-state index in [2.05, 4.69) is 0 Å². The van der Waals surface area contributed by atoms with Gasteiger partial charge in [-0.25, -0.2) is 8.42 Å². The molecule has 90 valence electrons. The van der Waals surface area contributed by atoms with Gasteiger partial charge in [-0.3, -0.25) is 0 Å². The van der Waals surface area contributed by atoms with Gasteiger partial charge in [0.2, 0.25) is 0 Å². The Labute approximate surface area is 105 Å². The highest BCUT2D eigenvalue weighted by Crippen LogP contribution is 2.22. The molecule has 0 aliphatic rings. The van der Waals surface area contributed by atoms with Crippen LogP contribution in [0.15, 0.2) is 46.0 Å². The molecule has 5 heteroatoms. The Morgan fingerprint density at radius 2 is 1.76 bits per heavy atom. The Bertz CT molecular complexity index is 586. The summed E-state index contributed by atoms with van der Waals surface area (Å²) in [6.45, 7) is 0. The van der Waals surface area contributed by atoms with E-state index in [1.807, 2.05) is 16.8 Å². The second kappa shape index (κ2) is 4.60. The van der Waals surface area contributed by atoms with Crippen molar-refractivity contribution in [3.8, 4) is 0 Å². The van der Waals surface area contributed by atoms with Crippen molar-refractivity contribution in [3.63, 3.8) is 0 Å². The molecule has 0 radical (unpaired) electrons. The van der Waals surface area contributed by atoms with Gasteiger partial charge in [0.05, 0.1) is 10.9 Å². The van der Waals surface area contributed by atoms with Crippen LogP contribution < -0.4 is 5.73 Å². The monoisotopic (exact) mass is 267 g/mol. The zero-order valence-electron chi connectivity index (χ0n) is 9.33. The maximum absolute atomic E-state index is 11.3. The second-order valence-electron chi connectivity index (χ2n) is 3.88. The molecule has 2 aromatic rings. The second-order valence-corrected chi connectivity index (χ2v) is 6.67. The van der Waals surface area contributed by atoms with Crippen LogP contribution in [0.1, 0.15) is 17.2 Å². The highest BCUT2D eigenvalue weighted by molar-refractivity contribution is 7.90. The van der Waals surface area contributed by atoms with Crippen LogP contribution in [-0.4, -0.2) is 14.7 Å². The van der Waals surface area contributed by atoms with E-state index in [4.69, 9.17) is 5.73 Å². The first-order valence-corrected chi connectivity index (χ1v) is 7.89. The molecule has 1 aromatic carbocycles. The number of hydrogen-bond donors (Lipinski definition) is 1. The normalized spacial score (nSPS) is 13.5. The SMILES string of the molecule is CS(=O)(=O)c1ccc([C@@H](N)c2ccsc2)cc1. The molecule has 0 saturated carbocycles. The van der Waals surface area contributed by atoms with Crippen molar-refractivity contribution < 1.29 is 8.42 Å². The third-order valence-electron chi connectivity index (χ3n) is 2.57. The zero-order chi connectivity index (χ0) is 12.5. The fourth-order valence-electron chi connectivity index (χ4n) is 1.57. The van der Waals surface area contributed by atoms with E-state index in [-0.39, 0.29) is 6.04 Å². The van der Waals surface area contributed by atoms with Gasteiger partial charge in [0.25, 0.3) is 0 Å². The standard InChI is InChI=1S/C12H13NO2S2/c1-17(14,15)11-4-2-9(3-5-11)12(13)10-6-7-16-8-10/h2-8,12H,13H2,1H3/t12-/m1/s1. The summed E-state index contributed by atoms with van der Waals surface area (Å²) < 4.78 is 22.6. The average Bonchev–Trinajstić information content (AvgIpc) is 2.80. The number of rotatable bonds is 3. The van der Waals surface area contributed by atoms with E-state index >= 15 is 0 Å². The largest absolute Gasteiger partial charge is 0.320 e. The predicted octanol–water partition coefficient (Wildman–Crippen LogP) is 2.20. The van der Waals surface area contributed by atoms with Crippen LogP contribution in [0, 0.1) is 0 Å². The summed E-state index contributed by atoms with van der Waals surface area (Å²) in [5.41, 5.74) is 8.03. The highest BCUT2D eigenvalue weighted by Gasteiger charge is 2.11. The van der Waals surface area contributed by atoms with Gasteiger partial charge >= 0.3 is 0 Å². The van der Waals surface area contributed by atoms with E-state index in [1.54, 1.807) is 35.6 Å². The van der Waals surface area contributed by atoms with Gasteiger partial charge in [-0.2, -0.15) is 11.3 Å². The summed E-state index contributed by atoms with van der Waals surface area (Å²) in [6.07, 6.45) is 1.20. The van der Waals surface area contributed by atoms with Crippen molar-refractivity contribution in [1.29, 1.82) is 0 Å².